The fraction of sp³-hybridized carbons (Fsp3) is 1.00. The van der Waals surface area contributed by atoms with Crippen LogP contribution in [-0.4, -0.2) is 31.8 Å². The van der Waals surface area contributed by atoms with Gasteiger partial charge >= 0.3 is 0 Å². The number of rotatable bonds is 5. The van der Waals surface area contributed by atoms with Gasteiger partial charge in [-0.15, -0.1) is 0 Å². The van der Waals surface area contributed by atoms with Crippen molar-refractivity contribution in [3.8, 4) is 0 Å². The average molecular weight is 129 g/mol. The SMILES string of the molecule is OCCCCCCO.[B]. The van der Waals surface area contributed by atoms with Gasteiger partial charge in [0.15, 0.2) is 0 Å². The Kier molecular flexibility index (Phi) is 14.2. The van der Waals surface area contributed by atoms with Gasteiger partial charge < -0.3 is 10.2 Å². The molecule has 0 aromatic rings. The molecule has 0 spiro atoms. The van der Waals surface area contributed by atoms with Gasteiger partial charge in [0.2, 0.25) is 0 Å². The zero-order valence-corrected chi connectivity index (χ0v) is 5.71. The molecule has 0 heterocycles. The molecule has 0 aliphatic heterocycles. The summed E-state index contributed by atoms with van der Waals surface area (Å²) in [6, 6.07) is 0. The highest BCUT2D eigenvalue weighted by atomic mass is 16.3. The molecule has 0 unspecified atom stereocenters. The Bertz CT molecular complexity index is 36.0. The second-order valence-corrected chi connectivity index (χ2v) is 1.86. The van der Waals surface area contributed by atoms with Crippen LogP contribution in [0.25, 0.3) is 0 Å². The lowest BCUT2D eigenvalue weighted by Gasteiger charge is -1.93. The number of unbranched alkanes of at least 4 members (excludes halogenated alkanes) is 3. The minimum absolute atomic E-state index is 0. The lowest BCUT2D eigenvalue weighted by molar-refractivity contribution is 0.265. The molecular weight excluding hydrogens is 115 g/mol. The van der Waals surface area contributed by atoms with Crippen molar-refractivity contribution in [2.75, 3.05) is 13.2 Å². The van der Waals surface area contributed by atoms with E-state index in [9.17, 15) is 0 Å². The zero-order valence-electron chi connectivity index (χ0n) is 5.71. The summed E-state index contributed by atoms with van der Waals surface area (Å²) in [5.74, 6) is 0. The van der Waals surface area contributed by atoms with Crippen LogP contribution in [0.1, 0.15) is 25.7 Å². The predicted molar refractivity (Wildman–Crippen MR) is 38.4 cm³/mol. The summed E-state index contributed by atoms with van der Waals surface area (Å²) in [7, 11) is 0. The Balaban J connectivity index is 0. The Morgan fingerprint density at radius 2 is 1.00 bits per heavy atom. The predicted octanol–water partition coefficient (Wildman–Crippen LogP) is 0.151. The minimum Gasteiger partial charge on any atom is -0.396 e. The van der Waals surface area contributed by atoms with Crippen molar-refractivity contribution in [1.29, 1.82) is 0 Å². The van der Waals surface area contributed by atoms with E-state index < -0.39 is 0 Å². The second kappa shape index (κ2) is 10.9. The van der Waals surface area contributed by atoms with E-state index in [-0.39, 0.29) is 21.6 Å². The van der Waals surface area contributed by atoms with Crippen LogP contribution in [-0.2, 0) is 0 Å². The van der Waals surface area contributed by atoms with Crippen LogP contribution < -0.4 is 0 Å². The van der Waals surface area contributed by atoms with Crippen molar-refractivity contribution in [3.63, 3.8) is 0 Å². The van der Waals surface area contributed by atoms with Gasteiger partial charge in [0, 0.05) is 21.6 Å². The Labute approximate surface area is 58.5 Å². The van der Waals surface area contributed by atoms with E-state index >= 15 is 0 Å². The highest BCUT2D eigenvalue weighted by molar-refractivity contribution is 5.75. The normalized spacial score (nSPS) is 8.67. The summed E-state index contributed by atoms with van der Waals surface area (Å²) < 4.78 is 0. The first-order valence-corrected chi connectivity index (χ1v) is 3.13. The molecule has 0 atom stereocenters. The summed E-state index contributed by atoms with van der Waals surface area (Å²) >= 11 is 0. The quantitative estimate of drug-likeness (QED) is 0.409. The third-order valence-corrected chi connectivity index (χ3v) is 1.07. The molecular formula is C6H14BO2. The highest BCUT2D eigenvalue weighted by Crippen LogP contribution is 1.96. The van der Waals surface area contributed by atoms with Crippen molar-refractivity contribution >= 4 is 8.41 Å². The first kappa shape index (κ1) is 11.7. The van der Waals surface area contributed by atoms with E-state index in [0.717, 1.165) is 25.7 Å². The van der Waals surface area contributed by atoms with Gasteiger partial charge in [-0.2, -0.15) is 0 Å². The minimum atomic E-state index is 0. The summed E-state index contributed by atoms with van der Waals surface area (Å²) in [6.07, 6.45) is 3.83. The molecule has 0 aliphatic rings. The maximum Gasteiger partial charge on any atom is 0.0431 e. The Morgan fingerprint density at radius 3 is 1.22 bits per heavy atom. The topological polar surface area (TPSA) is 40.5 Å². The number of aliphatic hydroxyl groups excluding tert-OH is 2. The fourth-order valence-electron chi connectivity index (χ4n) is 0.577. The summed E-state index contributed by atoms with van der Waals surface area (Å²) in [6.45, 7) is 0.566. The van der Waals surface area contributed by atoms with Gasteiger partial charge in [-0.05, 0) is 12.8 Å². The summed E-state index contributed by atoms with van der Waals surface area (Å²) in [5, 5.41) is 16.6. The first-order chi connectivity index (χ1) is 3.91. The molecule has 0 fully saturated rings. The van der Waals surface area contributed by atoms with Gasteiger partial charge in [0.25, 0.3) is 0 Å². The largest absolute Gasteiger partial charge is 0.396 e. The molecule has 0 aromatic carbocycles. The van der Waals surface area contributed by atoms with E-state index in [1.54, 1.807) is 0 Å². The smallest absolute Gasteiger partial charge is 0.0431 e. The third kappa shape index (κ3) is 11.5. The van der Waals surface area contributed by atoms with Crippen LogP contribution in [0, 0.1) is 0 Å². The van der Waals surface area contributed by atoms with E-state index in [0.29, 0.717) is 0 Å². The molecule has 0 aromatic heterocycles. The number of aliphatic hydroxyl groups is 2. The van der Waals surface area contributed by atoms with Gasteiger partial charge in [-0.25, -0.2) is 0 Å². The molecule has 3 radical (unpaired) electrons. The monoisotopic (exact) mass is 129 g/mol. The van der Waals surface area contributed by atoms with Gasteiger partial charge in [-0.3, -0.25) is 0 Å². The molecule has 9 heavy (non-hydrogen) atoms. The third-order valence-electron chi connectivity index (χ3n) is 1.07. The molecule has 2 nitrogen and oxygen atoms in total. The number of hydrogen-bond donors (Lipinski definition) is 2. The maximum atomic E-state index is 8.30. The van der Waals surface area contributed by atoms with Crippen LogP contribution in [0.5, 0.6) is 0 Å². The maximum absolute atomic E-state index is 8.30. The molecule has 0 saturated heterocycles. The highest BCUT2D eigenvalue weighted by Gasteiger charge is 1.84. The van der Waals surface area contributed by atoms with Crippen LogP contribution in [0.15, 0.2) is 0 Å². The van der Waals surface area contributed by atoms with E-state index in [2.05, 4.69) is 0 Å². The van der Waals surface area contributed by atoms with Gasteiger partial charge in [0.1, 0.15) is 0 Å². The van der Waals surface area contributed by atoms with E-state index in [4.69, 9.17) is 10.2 Å². The van der Waals surface area contributed by atoms with E-state index in [1.807, 2.05) is 0 Å². The summed E-state index contributed by atoms with van der Waals surface area (Å²) in [4.78, 5) is 0. The lowest BCUT2D eigenvalue weighted by Crippen LogP contribution is -1.85. The van der Waals surface area contributed by atoms with Gasteiger partial charge in [0.05, 0.1) is 0 Å². The average Bonchev–Trinajstić information content (AvgIpc) is 1.81. The van der Waals surface area contributed by atoms with Crippen LogP contribution in [0.3, 0.4) is 0 Å². The van der Waals surface area contributed by atoms with Crippen molar-refractivity contribution in [2.45, 2.75) is 25.7 Å². The van der Waals surface area contributed by atoms with Crippen molar-refractivity contribution in [3.05, 3.63) is 0 Å². The molecule has 0 amide bonds. The molecule has 0 rings (SSSR count). The number of hydrogen-bond acceptors (Lipinski definition) is 2. The summed E-state index contributed by atoms with van der Waals surface area (Å²) in [5.41, 5.74) is 0. The molecule has 0 saturated carbocycles. The Morgan fingerprint density at radius 1 is 0.667 bits per heavy atom. The molecule has 0 bridgehead atoms. The standard InChI is InChI=1S/C6H14O2.B/c7-5-3-1-2-4-6-8;/h7-8H,1-6H2;. The molecule has 3 heteroatoms. The Hall–Kier alpha value is -0.0151. The second-order valence-electron chi connectivity index (χ2n) is 1.86. The lowest BCUT2D eigenvalue weighted by atomic mass is 10.2. The zero-order chi connectivity index (χ0) is 6.24. The molecule has 53 valence electrons. The van der Waals surface area contributed by atoms with Crippen LogP contribution in [0.4, 0.5) is 0 Å². The van der Waals surface area contributed by atoms with Crippen LogP contribution >= 0.6 is 0 Å². The first-order valence-electron chi connectivity index (χ1n) is 3.13. The van der Waals surface area contributed by atoms with Crippen molar-refractivity contribution in [1.82, 2.24) is 0 Å². The molecule has 2 N–H and O–H groups in total. The fourth-order valence-corrected chi connectivity index (χ4v) is 0.577. The molecule has 0 aliphatic carbocycles. The van der Waals surface area contributed by atoms with Crippen molar-refractivity contribution in [2.24, 2.45) is 0 Å². The van der Waals surface area contributed by atoms with Gasteiger partial charge in [-0.1, -0.05) is 12.8 Å². The van der Waals surface area contributed by atoms with Crippen LogP contribution in [0.2, 0.25) is 0 Å². The van der Waals surface area contributed by atoms with Crippen molar-refractivity contribution < 1.29 is 10.2 Å². The van der Waals surface area contributed by atoms with E-state index in [1.165, 1.54) is 0 Å².